The van der Waals surface area contributed by atoms with Crippen molar-refractivity contribution in [2.75, 3.05) is 7.11 Å². The molecule has 1 aromatic rings. The van der Waals surface area contributed by atoms with Gasteiger partial charge in [-0.2, -0.15) is 0 Å². The Morgan fingerprint density at radius 3 is 2.84 bits per heavy atom. The number of aliphatic hydroxyl groups is 1. The van der Waals surface area contributed by atoms with Crippen molar-refractivity contribution >= 4 is 15.9 Å². The van der Waals surface area contributed by atoms with E-state index >= 15 is 0 Å². The van der Waals surface area contributed by atoms with Gasteiger partial charge in [-0.05, 0) is 67.2 Å². The summed E-state index contributed by atoms with van der Waals surface area (Å²) in [7, 11) is 1.66. The number of benzene rings is 1. The fourth-order valence-corrected chi connectivity index (χ4v) is 4.49. The van der Waals surface area contributed by atoms with Gasteiger partial charge in [-0.3, -0.25) is 0 Å². The molecule has 0 saturated heterocycles. The van der Waals surface area contributed by atoms with Crippen LogP contribution in [0.15, 0.2) is 22.7 Å². The van der Waals surface area contributed by atoms with E-state index in [2.05, 4.69) is 15.9 Å². The van der Waals surface area contributed by atoms with Crippen LogP contribution in [0.5, 0.6) is 5.75 Å². The Hall–Kier alpha value is -0.540. The van der Waals surface area contributed by atoms with E-state index in [4.69, 9.17) is 4.74 Å². The minimum absolute atomic E-state index is 0.381. The molecule has 0 heterocycles. The van der Waals surface area contributed by atoms with Crippen LogP contribution < -0.4 is 4.74 Å². The van der Waals surface area contributed by atoms with Gasteiger partial charge < -0.3 is 9.84 Å². The summed E-state index contributed by atoms with van der Waals surface area (Å²) in [5, 5.41) is 10.5. The minimum atomic E-state index is -0.381. The van der Waals surface area contributed by atoms with E-state index in [0.29, 0.717) is 5.92 Å². The van der Waals surface area contributed by atoms with Crippen molar-refractivity contribution in [3.05, 3.63) is 28.2 Å². The summed E-state index contributed by atoms with van der Waals surface area (Å²) < 4.78 is 6.22. The van der Waals surface area contributed by atoms with E-state index in [1.807, 2.05) is 18.2 Å². The highest BCUT2D eigenvalue weighted by Crippen LogP contribution is 2.51. The molecule has 0 aromatic heterocycles. The monoisotopic (exact) mass is 324 g/mol. The molecule has 2 nitrogen and oxygen atoms in total. The molecule has 2 aliphatic rings. The van der Waals surface area contributed by atoms with E-state index < -0.39 is 0 Å². The fraction of sp³-hybridized carbons (Fsp3) is 0.625. The first-order valence-corrected chi connectivity index (χ1v) is 7.98. The molecule has 0 radical (unpaired) electrons. The van der Waals surface area contributed by atoms with Crippen molar-refractivity contribution in [1.82, 2.24) is 0 Å². The quantitative estimate of drug-likeness (QED) is 0.893. The summed E-state index contributed by atoms with van der Waals surface area (Å²) in [6.07, 6.45) is 6.03. The maximum atomic E-state index is 10.5. The summed E-state index contributed by atoms with van der Waals surface area (Å²) in [5.41, 5.74) is 0.960. The molecule has 2 bridgehead atoms. The lowest BCUT2D eigenvalue weighted by Crippen LogP contribution is -2.14. The van der Waals surface area contributed by atoms with Gasteiger partial charge in [0.1, 0.15) is 5.75 Å². The van der Waals surface area contributed by atoms with Gasteiger partial charge in [0.25, 0.3) is 0 Å². The van der Waals surface area contributed by atoms with Crippen LogP contribution in [0.2, 0.25) is 0 Å². The molecule has 1 aromatic carbocycles. The molecule has 3 heteroatoms. The van der Waals surface area contributed by atoms with Crippen molar-refractivity contribution in [2.24, 2.45) is 17.8 Å². The van der Waals surface area contributed by atoms with Crippen LogP contribution in [-0.2, 0) is 0 Å². The molecule has 2 saturated carbocycles. The lowest BCUT2D eigenvalue weighted by atomic mass is 9.83. The molecule has 2 fully saturated rings. The largest absolute Gasteiger partial charge is 0.497 e. The van der Waals surface area contributed by atoms with Gasteiger partial charge in [-0.25, -0.2) is 0 Å². The van der Waals surface area contributed by atoms with Gasteiger partial charge in [0.2, 0.25) is 0 Å². The normalized spacial score (nSPS) is 30.6. The molecule has 3 rings (SSSR count). The lowest BCUT2D eigenvalue weighted by Gasteiger charge is -2.25. The zero-order valence-electron chi connectivity index (χ0n) is 11.3. The van der Waals surface area contributed by atoms with Crippen LogP contribution in [0.1, 0.15) is 43.8 Å². The van der Waals surface area contributed by atoms with Crippen LogP contribution in [-0.4, -0.2) is 12.2 Å². The number of halogens is 1. The molecule has 1 N–H and O–H groups in total. The highest BCUT2D eigenvalue weighted by atomic mass is 79.9. The molecular weight excluding hydrogens is 304 g/mol. The summed E-state index contributed by atoms with van der Waals surface area (Å²) in [6, 6.07) is 5.82. The Kier molecular flexibility index (Phi) is 3.86. The van der Waals surface area contributed by atoms with E-state index in [-0.39, 0.29) is 6.10 Å². The predicted molar refractivity (Wildman–Crippen MR) is 79.2 cm³/mol. The maximum Gasteiger partial charge on any atom is 0.119 e. The second-order valence-electron chi connectivity index (χ2n) is 6.07. The van der Waals surface area contributed by atoms with Gasteiger partial charge >= 0.3 is 0 Å². The number of hydrogen-bond acceptors (Lipinski definition) is 2. The zero-order chi connectivity index (χ0) is 13.4. The second kappa shape index (κ2) is 5.45. The molecule has 0 amide bonds. The summed E-state index contributed by atoms with van der Waals surface area (Å²) in [4.78, 5) is 0. The first-order chi connectivity index (χ1) is 9.17. The van der Waals surface area contributed by atoms with Crippen molar-refractivity contribution in [3.8, 4) is 5.75 Å². The first kappa shape index (κ1) is 13.4. The highest BCUT2D eigenvalue weighted by Gasteiger charge is 2.40. The number of aliphatic hydroxyl groups excluding tert-OH is 1. The Morgan fingerprint density at radius 1 is 1.37 bits per heavy atom. The van der Waals surface area contributed by atoms with E-state index in [0.717, 1.165) is 34.0 Å². The summed E-state index contributed by atoms with van der Waals surface area (Å²) in [5.74, 6) is 3.33. The fourth-order valence-electron chi connectivity index (χ4n) is 3.98. The SMILES string of the molecule is COc1ccc(Br)c(C(O)CC2CC3CCC2C3)c1. The van der Waals surface area contributed by atoms with Gasteiger partial charge in [0, 0.05) is 4.47 Å². The van der Waals surface area contributed by atoms with E-state index in [1.54, 1.807) is 7.11 Å². The van der Waals surface area contributed by atoms with Gasteiger partial charge in [-0.15, -0.1) is 0 Å². The standard InChI is InChI=1S/C16H21BrO2/c1-19-13-4-5-15(17)14(9-13)16(18)8-12-7-10-2-3-11(12)6-10/h4-5,9-12,16,18H,2-3,6-8H2,1H3. The van der Waals surface area contributed by atoms with Crippen molar-refractivity contribution in [3.63, 3.8) is 0 Å². The van der Waals surface area contributed by atoms with Crippen molar-refractivity contribution in [2.45, 2.75) is 38.2 Å². The molecule has 0 spiro atoms. The summed E-state index contributed by atoms with van der Waals surface area (Å²) >= 11 is 3.54. The topological polar surface area (TPSA) is 29.5 Å². The Bertz CT molecular complexity index is 460. The molecule has 4 atom stereocenters. The number of hydrogen-bond donors (Lipinski definition) is 1. The molecule has 4 unspecified atom stereocenters. The minimum Gasteiger partial charge on any atom is -0.497 e. The van der Waals surface area contributed by atoms with Crippen LogP contribution >= 0.6 is 15.9 Å². The lowest BCUT2D eigenvalue weighted by molar-refractivity contribution is 0.125. The van der Waals surface area contributed by atoms with Gasteiger partial charge in [-0.1, -0.05) is 22.4 Å². The maximum absolute atomic E-state index is 10.5. The third-order valence-electron chi connectivity index (χ3n) is 4.97. The van der Waals surface area contributed by atoms with E-state index in [9.17, 15) is 5.11 Å². The second-order valence-corrected chi connectivity index (χ2v) is 6.93. The molecule has 2 aliphatic carbocycles. The predicted octanol–water partition coefficient (Wildman–Crippen LogP) is 4.32. The molecule has 104 valence electrons. The highest BCUT2D eigenvalue weighted by molar-refractivity contribution is 9.10. The van der Waals surface area contributed by atoms with Gasteiger partial charge in [0.05, 0.1) is 13.2 Å². The summed E-state index contributed by atoms with van der Waals surface area (Å²) in [6.45, 7) is 0. The average Bonchev–Trinajstić information content (AvgIpc) is 3.01. The molecule has 0 aliphatic heterocycles. The van der Waals surface area contributed by atoms with Crippen molar-refractivity contribution < 1.29 is 9.84 Å². The number of rotatable bonds is 4. The molecular formula is C16H21BrO2. The smallest absolute Gasteiger partial charge is 0.119 e. The van der Waals surface area contributed by atoms with Crippen LogP contribution in [0, 0.1) is 17.8 Å². The van der Waals surface area contributed by atoms with Crippen LogP contribution in [0.4, 0.5) is 0 Å². The average molecular weight is 325 g/mol. The van der Waals surface area contributed by atoms with Crippen LogP contribution in [0.3, 0.4) is 0 Å². The van der Waals surface area contributed by atoms with E-state index in [1.165, 1.54) is 25.7 Å². The van der Waals surface area contributed by atoms with Gasteiger partial charge in [0.15, 0.2) is 0 Å². The number of methoxy groups -OCH3 is 1. The Morgan fingerprint density at radius 2 is 2.21 bits per heavy atom. The molecule has 19 heavy (non-hydrogen) atoms. The van der Waals surface area contributed by atoms with Crippen LogP contribution in [0.25, 0.3) is 0 Å². The van der Waals surface area contributed by atoms with Crippen molar-refractivity contribution in [1.29, 1.82) is 0 Å². The third kappa shape index (κ3) is 2.68. The zero-order valence-corrected chi connectivity index (χ0v) is 12.9. The number of ether oxygens (including phenoxy) is 1. The first-order valence-electron chi connectivity index (χ1n) is 7.19. The third-order valence-corrected chi connectivity index (χ3v) is 5.69. The Balaban J connectivity index is 1.71. The Labute approximate surface area is 123 Å². The number of fused-ring (bicyclic) bond motifs is 2.